The second-order valence-electron chi connectivity index (χ2n) is 4.18. The third-order valence-electron chi connectivity index (χ3n) is 2.98. The van der Waals surface area contributed by atoms with E-state index >= 15 is 0 Å². The summed E-state index contributed by atoms with van der Waals surface area (Å²) in [5.74, 6) is 0.243. The minimum Gasteiger partial charge on any atom is -0.298 e. The van der Waals surface area contributed by atoms with Crippen LogP contribution in [0.1, 0.15) is 16.8 Å². The normalized spacial score (nSPS) is 15.7. The van der Waals surface area contributed by atoms with Gasteiger partial charge in [0.15, 0.2) is 6.29 Å². The molecule has 0 bridgehead atoms. The maximum Gasteiger partial charge on any atom is 0.329 e. The van der Waals surface area contributed by atoms with Crippen molar-refractivity contribution in [2.75, 3.05) is 11.4 Å². The maximum atomic E-state index is 11.8. The molecule has 96 valence electrons. The van der Waals surface area contributed by atoms with Gasteiger partial charge in [-0.05, 0) is 12.1 Å². The molecule has 3 amide bonds. The highest BCUT2D eigenvalue weighted by molar-refractivity contribution is 6.05. The number of aromatic nitrogens is 2. The second kappa shape index (κ2) is 4.20. The third-order valence-corrected chi connectivity index (χ3v) is 2.98. The van der Waals surface area contributed by atoms with Crippen LogP contribution in [0.25, 0.3) is 5.65 Å². The zero-order valence-electron chi connectivity index (χ0n) is 9.87. The minimum atomic E-state index is -0.477. The van der Waals surface area contributed by atoms with Crippen molar-refractivity contribution < 1.29 is 14.4 Å². The lowest BCUT2D eigenvalue weighted by Crippen LogP contribution is -2.50. The molecule has 7 nitrogen and oxygen atoms in total. The molecule has 1 saturated heterocycles. The Bertz CT molecular complexity index is 691. The van der Waals surface area contributed by atoms with Gasteiger partial charge in [0.1, 0.15) is 11.5 Å². The lowest BCUT2D eigenvalue weighted by molar-refractivity contribution is -0.120. The van der Waals surface area contributed by atoms with Crippen LogP contribution < -0.4 is 10.2 Å². The highest BCUT2D eigenvalue weighted by Gasteiger charge is 2.26. The van der Waals surface area contributed by atoms with E-state index in [1.165, 1.54) is 4.90 Å². The van der Waals surface area contributed by atoms with E-state index in [-0.39, 0.29) is 12.3 Å². The molecule has 3 heterocycles. The zero-order chi connectivity index (χ0) is 13.4. The van der Waals surface area contributed by atoms with Gasteiger partial charge in [0.05, 0.1) is 6.20 Å². The predicted octanol–water partition coefficient (Wildman–Crippen LogP) is 0.593. The van der Waals surface area contributed by atoms with E-state index in [2.05, 4.69) is 10.3 Å². The van der Waals surface area contributed by atoms with Gasteiger partial charge in [0.25, 0.3) is 0 Å². The van der Waals surface area contributed by atoms with Crippen molar-refractivity contribution >= 4 is 29.7 Å². The van der Waals surface area contributed by atoms with Crippen molar-refractivity contribution in [3.05, 3.63) is 30.1 Å². The number of amides is 3. The fourth-order valence-corrected chi connectivity index (χ4v) is 2.04. The SMILES string of the molecule is O=Cc1ccc2ncc(N3CCC(=O)NC3=O)n2c1. The van der Waals surface area contributed by atoms with Gasteiger partial charge in [-0.3, -0.25) is 24.2 Å². The van der Waals surface area contributed by atoms with E-state index in [0.717, 1.165) is 6.29 Å². The fourth-order valence-electron chi connectivity index (χ4n) is 2.04. The van der Waals surface area contributed by atoms with Gasteiger partial charge in [-0.2, -0.15) is 0 Å². The molecule has 0 radical (unpaired) electrons. The van der Waals surface area contributed by atoms with Crippen molar-refractivity contribution in [1.29, 1.82) is 0 Å². The Kier molecular flexibility index (Phi) is 2.52. The molecule has 19 heavy (non-hydrogen) atoms. The fraction of sp³-hybridized carbons (Fsp3) is 0.167. The van der Waals surface area contributed by atoms with Crippen LogP contribution in [0.15, 0.2) is 24.5 Å². The standard InChI is InChI=1S/C12H10N4O3/c17-7-8-1-2-9-13-5-11(16(9)6-8)15-4-3-10(18)14-12(15)19/h1-2,5-7H,3-4H2,(H,14,18,19). The highest BCUT2D eigenvalue weighted by atomic mass is 16.2. The van der Waals surface area contributed by atoms with Crippen molar-refractivity contribution in [1.82, 2.24) is 14.7 Å². The van der Waals surface area contributed by atoms with Crippen molar-refractivity contribution in [3.63, 3.8) is 0 Å². The molecule has 7 heteroatoms. The van der Waals surface area contributed by atoms with Crippen LogP contribution in [0.5, 0.6) is 0 Å². The summed E-state index contributed by atoms with van der Waals surface area (Å²) < 4.78 is 1.65. The maximum absolute atomic E-state index is 11.8. The smallest absolute Gasteiger partial charge is 0.298 e. The number of nitrogens with zero attached hydrogens (tertiary/aromatic N) is 3. The van der Waals surface area contributed by atoms with Crippen LogP contribution in [-0.2, 0) is 4.79 Å². The summed E-state index contributed by atoms with van der Waals surface area (Å²) in [6.07, 6.45) is 4.11. The molecule has 0 aromatic carbocycles. The molecule has 0 unspecified atom stereocenters. The molecule has 1 aliphatic heterocycles. The number of fused-ring (bicyclic) bond motifs is 1. The van der Waals surface area contributed by atoms with Gasteiger partial charge < -0.3 is 0 Å². The second-order valence-corrected chi connectivity index (χ2v) is 4.18. The Morgan fingerprint density at radius 2 is 2.16 bits per heavy atom. The molecule has 2 aromatic rings. The molecular weight excluding hydrogens is 248 g/mol. The third kappa shape index (κ3) is 1.85. The molecule has 3 rings (SSSR count). The molecular formula is C12H10N4O3. The molecule has 0 aliphatic carbocycles. The summed E-state index contributed by atoms with van der Waals surface area (Å²) >= 11 is 0. The van der Waals surface area contributed by atoms with Crippen LogP contribution in [0, 0.1) is 0 Å². The molecule has 0 saturated carbocycles. The van der Waals surface area contributed by atoms with Gasteiger partial charge in [0, 0.05) is 24.7 Å². The highest BCUT2D eigenvalue weighted by Crippen LogP contribution is 2.19. The van der Waals surface area contributed by atoms with Crippen LogP contribution in [0.3, 0.4) is 0 Å². The van der Waals surface area contributed by atoms with E-state index in [0.29, 0.717) is 23.6 Å². The Balaban J connectivity index is 2.07. The number of hydrogen-bond donors (Lipinski definition) is 1. The van der Waals surface area contributed by atoms with E-state index < -0.39 is 6.03 Å². The average molecular weight is 258 g/mol. The number of hydrogen-bond acceptors (Lipinski definition) is 4. The van der Waals surface area contributed by atoms with Gasteiger partial charge in [-0.25, -0.2) is 9.78 Å². The summed E-state index contributed by atoms with van der Waals surface area (Å²) in [5.41, 5.74) is 1.12. The molecule has 1 aliphatic rings. The van der Waals surface area contributed by atoms with Crippen LogP contribution in [0.2, 0.25) is 0 Å². The summed E-state index contributed by atoms with van der Waals surface area (Å²) in [6.45, 7) is 0.295. The average Bonchev–Trinajstić information content (AvgIpc) is 2.81. The number of aldehydes is 1. The lowest BCUT2D eigenvalue weighted by atomic mass is 10.3. The Morgan fingerprint density at radius 3 is 2.89 bits per heavy atom. The number of imide groups is 1. The van der Waals surface area contributed by atoms with E-state index in [4.69, 9.17) is 0 Å². The monoisotopic (exact) mass is 258 g/mol. The van der Waals surface area contributed by atoms with E-state index in [9.17, 15) is 14.4 Å². The number of pyridine rings is 1. The molecule has 0 spiro atoms. The minimum absolute atomic E-state index is 0.242. The first-order valence-corrected chi connectivity index (χ1v) is 5.72. The largest absolute Gasteiger partial charge is 0.329 e. The molecule has 0 atom stereocenters. The van der Waals surface area contributed by atoms with Crippen molar-refractivity contribution in [2.24, 2.45) is 0 Å². The number of nitrogens with one attached hydrogen (secondary N) is 1. The molecule has 2 aromatic heterocycles. The summed E-state index contributed by atoms with van der Waals surface area (Å²) in [6, 6.07) is 2.87. The quantitative estimate of drug-likeness (QED) is 0.799. The number of carbonyl (C=O) groups is 3. The Labute approximate surface area is 107 Å². The Hall–Kier alpha value is -2.70. The number of anilines is 1. The zero-order valence-corrected chi connectivity index (χ0v) is 9.87. The van der Waals surface area contributed by atoms with Crippen LogP contribution >= 0.6 is 0 Å². The first-order valence-electron chi connectivity index (χ1n) is 5.72. The Morgan fingerprint density at radius 1 is 1.32 bits per heavy atom. The first kappa shape index (κ1) is 11.4. The van der Waals surface area contributed by atoms with E-state index in [1.54, 1.807) is 28.9 Å². The summed E-state index contributed by atoms with van der Waals surface area (Å²) in [5, 5.41) is 2.25. The molecule has 1 fully saturated rings. The first-order chi connectivity index (χ1) is 9.19. The van der Waals surface area contributed by atoms with Gasteiger partial charge >= 0.3 is 6.03 Å². The number of urea groups is 1. The number of carbonyl (C=O) groups excluding carboxylic acids is 3. The van der Waals surface area contributed by atoms with Crippen molar-refractivity contribution in [3.8, 4) is 0 Å². The predicted molar refractivity (Wildman–Crippen MR) is 66.1 cm³/mol. The lowest BCUT2D eigenvalue weighted by Gasteiger charge is -2.25. The number of rotatable bonds is 2. The van der Waals surface area contributed by atoms with Crippen molar-refractivity contribution in [2.45, 2.75) is 6.42 Å². The molecule has 1 N–H and O–H groups in total. The van der Waals surface area contributed by atoms with Crippen LogP contribution in [0.4, 0.5) is 10.6 Å². The van der Waals surface area contributed by atoms with Crippen LogP contribution in [-0.4, -0.2) is 34.2 Å². The van der Waals surface area contributed by atoms with Gasteiger partial charge in [-0.1, -0.05) is 0 Å². The number of imidazole rings is 1. The van der Waals surface area contributed by atoms with Gasteiger partial charge in [-0.15, -0.1) is 0 Å². The van der Waals surface area contributed by atoms with E-state index in [1.807, 2.05) is 0 Å². The summed E-state index contributed by atoms with van der Waals surface area (Å²) in [4.78, 5) is 39.3. The topological polar surface area (TPSA) is 83.8 Å². The van der Waals surface area contributed by atoms with Gasteiger partial charge in [0.2, 0.25) is 5.91 Å². The summed E-state index contributed by atoms with van der Waals surface area (Å²) in [7, 11) is 0.